The number of carbonyl (C=O) groups excluding carboxylic acids is 1. The number of likely N-dealkylation sites (tertiary alicyclic amines) is 1. The zero-order chi connectivity index (χ0) is 15.7. The van der Waals surface area contributed by atoms with E-state index in [1.54, 1.807) is 4.90 Å². The summed E-state index contributed by atoms with van der Waals surface area (Å²) in [6, 6.07) is -0.0881. The van der Waals surface area contributed by atoms with Gasteiger partial charge in [-0.05, 0) is 20.5 Å². The van der Waals surface area contributed by atoms with E-state index in [1.165, 1.54) is 6.20 Å². The lowest BCUT2D eigenvalue weighted by Crippen LogP contribution is -2.41. The van der Waals surface area contributed by atoms with Crippen molar-refractivity contribution < 1.29 is 9.90 Å². The highest BCUT2D eigenvalue weighted by atomic mass is 35.5. The van der Waals surface area contributed by atoms with Crippen LogP contribution in [0, 0.1) is 0 Å². The predicted octanol–water partition coefficient (Wildman–Crippen LogP) is 2.18. The topological polar surface area (TPSA) is 56.7 Å². The number of aromatic nitrogens is 1. The molecule has 1 N–H and O–H groups in total. The molecule has 5 nitrogen and oxygen atoms in total. The van der Waals surface area contributed by atoms with Crippen molar-refractivity contribution in [2.24, 2.45) is 0 Å². The molecule has 0 spiro atoms. The van der Waals surface area contributed by atoms with E-state index in [0.717, 1.165) is 0 Å². The van der Waals surface area contributed by atoms with Crippen LogP contribution >= 0.6 is 34.8 Å². The number of pyridine rings is 1. The minimum absolute atomic E-state index is 0.0409. The quantitative estimate of drug-likeness (QED) is 0.906. The van der Waals surface area contributed by atoms with Crippen molar-refractivity contribution in [1.29, 1.82) is 0 Å². The van der Waals surface area contributed by atoms with Crippen molar-refractivity contribution in [3.63, 3.8) is 0 Å². The summed E-state index contributed by atoms with van der Waals surface area (Å²) < 4.78 is 0. The molecule has 8 heteroatoms. The minimum Gasteiger partial charge on any atom is -0.391 e. The summed E-state index contributed by atoms with van der Waals surface area (Å²) in [7, 11) is 3.83. The number of rotatable bonds is 3. The van der Waals surface area contributed by atoms with Gasteiger partial charge in [-0.1, -0.05) is 34.8 Å². The van der Waals surface area contributed by atoms with Crippen molar-refractivity contribution in [3.8, 4) is 0 Å². The average Bonchev–Trinajstić information content (AvgIpc) is 2.75. The molecule has 1 aliphatic heterocycles. The van der Waals surface area contributed by atoms with Crippen molar-refractivity contribution >= 4 is 40.7 Å². The zero-order valence-electron chi connectivity index (χ0n) is 11.7. The number of hydrogen-bond donors (Lipinski definition) is 1. The van der Waals surface area contributed by atoms with Gasteiger partial charge in [-0.3, -0.25) is 4.79 Å². The summed E-state index contributed by atoms with van der Waals surface area (Å²) in [5.41, 5.74) is 0.0592. The van der Waals surface area contributed by atoms with Gasteiger partial charge in [0.05, 0.1) is 21.2 Å². The summed E-state index contributed by atoms with van der Waals surface area (Å²) >= 11 is 17.8. The zero-order valence-corrected chi connectivity index (χ0v) is 14.0. The largest absolute Gasteiger partial charge is 0.391 e. The molecule has 0 saturated carbocycles. The maximum atomic E-state index is 12.6. The molecule has 2 unspecified atom stereocenters. The first-order valence-corrected chi connectivity index (χ1v) is 7.58. The highest BCUT2D eigenvalue weighted by Gasteiger charge is 2.36. The van der Waals surface area contributed by atoms with Crippen LogP contribution in [-0.2, 0) is 0 Å². The van der Waals surface area contributed by atoms with Crippen LogP contribution in [0.4, 0.5) is 0 Å². The first-order valence-electron chi connectivity index (χ1n) is 6.44. The Labute approximate surface area is 138 Å². The number of halogens is 3. The molecule has 2 rings (SSSR count). The molecule has 116 valence electrons. The second-order valence-electron chi connectivity index (χ2n) is 5.35. The summed E-state index contributed by atoms with van der Waals surface area (Å²) in [4.78, 5) is 20.2. The Morgan fingerprint density at radius 1 is 1.43 bits per heavy atom. The monoisotopic (exact) mass is 351 g/mol. The molecule has 0 radical (unpaired) electrons. The highest BCUT2D eigenvalue weighted by Crippen LogP contribution is 2.32. The van der Waals surface area contributed by atoms with Crippen LogP contribution in [-0.4, -0.2) is 65.1 Å². The molecule has 1 fully saturated rings. The van der Waals surface area contributed by atoms with Crippen LogP contribution in [0.3, 0.4) is 0 Å². The van der Waals surface area contributed by atoms with E-state index in [-0.39, 0.29) is 39.3 Å². The maximum absolute atomic E-state index is 12.6. The van der Waals surface area contributed by atoms with Crippen LogP contribution in [0.15, 0.2) is 6.20 Å². The van der Waals surface area contributed by atoms with E-state index in [1.807, 2.05) is 19.0 Å². The predicted molar refractivity (Wildman–Crippen MR) is 83.3 cm³/mol. The van der Waals surface area contributed by atoms with Crippen molar-refractivity contribution in [1.82, 2.24) is 14.8 Å². The summed E-state index contributed by atoms with van der Waals surface area (Å²) in [5, 5.41) is 10.2. The van der Waals surface area contributed by atoms with Crippen LogP contribution in [0.5, 0.6) is 0 Å². The highest BCUT2D eigenvalue weighted by molar-refractivity contribution is 6.48. The van der Waals surface area contributed by atoms with Crippen LogP contribution < -0.4 is 0 Å². The summed E-state index contributed by atoms with van der Waals surface area (Å²) in [6.45, 7) is 0.914. The molecule has 2 atom stereocenters. The molecule has 0 aromatic carbocycles. The van der Waals surface area contributed by atoms with Gasteiger partial charge < -0.3 is 14.9 Å². The number of aliphatic hydroxyl groups is 1. The maximum Gasteiger partial charge on any atom is 0.274 e. The number of β-amino-alcohol motifs (C(OH)–C–C–N with tert-alkyl or cyclic N) is 1. The second kappa shape index (κ2) is 6.67. The van der Waals surface area contributed by atoms with Crippen molar-refractivity contribution in [2.75, 3.05) is 27.2 Å². The normalized spacial score (nSPS) is 22.1. The van der Waals surface area contributed by atoms with Crippen molar-refractivity contribution in [3.05, 3.63) is 27.0 Å². The number of carbonyl (C=O) groups is 1. The Morgan fingerprint density at radius 3 is 2.71 bits per heavy atom. The molecular formula is C13H16Cl3N3O2. The fourth-order valence-corrected chi connectivity index (χ4v) is 3.03. The van der Waals surface area contributed by atoms with Gasteiger partial charge in [0.15, 0.2) is 0 Å². The van der Waals surface area contributed by atoms with Gasteiger partial charge in [-0.25, -0.2) is 4.98 Å². The number of hydrogen-bond acceptors (Lipinski definition) is 4. The minimum atomic E-state index is -0.541. The van der Waals surface area contributed by atoms with Gasteiger partial charge in [0.2, 0.25) is 0 Å². The second-order valence-corrected chi connectivity index (χ2v) is 6.51. The van der Waals surface area contributed by atoms with Crippen LogP contribution in [0.2, 0.25) is 15.1 Å². The van der Waals surface area contributed by atoms with Crippen molar-refractivity contribution in [2.45, 2.75) is 18.6 Å². The van der Waals surface area contributed by atoms with E-state index < -0.39 is 6.10 Å². The van der Waals surface area contributed by atoms with E-state index in [9.17, 15) is 9.90 Å². The van der Waals surface area contributed by atoms with E-state index in [4.69, 9.17) is 34.8 Å². The average molecular weight is 353 g/mol. The summed E-state index contributed by atoms with van der Waals surface area (Å²) in [6.07, 6.45) is 1.29. The number of aliphatic hydroxyl groups excluding tert-OH is 1. The molecule has 0 aliphatic carbocycles. The number of nitrogens with zero attached hydrogens (tertiary/aromatic N) is 3. The van der Waals surface area contributed by atoms with Crippen LogP contribution in [0.1, 0.15) is 16.9 Å². The lowest BCUT2D eigenvalue weighted by atomic mass is 10.2. The van der Waals surface area contributed by atoms with Gasteiger partial charge in [0.1, 0.15) is 5.69 Å². The van der Waals surface area contributed by atoms with Gasteiger partial charge in [0, 0.05) is 25.3 Å². The lowest BCUT2D eigenvalue weighted by Gasteiger charge is -2.26. The Morgan fingerprint density at radius 2 is 2.10 bits per heavy atom. The Bertz CT molecular complexity index is 554. The van der Waals surface area contributed by atoms with Gasteiger partial charge in [0.25, 0.3) is 5.91 Å². The molecular weight excluding hydrogens is 337 g/mol. The third-order valence-corrected chi connectivity index (χ3v) is 4.59. The first-order chi connectivity index (χ1) is 9.81. The molecule has 1 aromatic rings. The Kier molecular flexibility index (Phi) is 5.33. The van der Waals surface area contributed by atoms with E-state index in [2.05, 4.69) is 4.98 Å². The molecule has 1 amide bonds. The van der Waals surface area contributed by atoms with Gasteiger partial charge in [-0.2, -0.15) is 0 Å². The number of amides is 1. The fourth-order valence-electron chi connectivity index (χ4n) is 2.46. The Balaban J connectivity index is 2.28. The first kappa shape index (κ1) is 16.8. The fraction of sp³-hybridized carbons (Fsp3) is 0.538. The standard InChI is InChI=1S/C13H16Cl3N3O2/c1-18(2)5-7-3-8(20)6-19(7)13(21)12-11(16)10(15)9(14)4-17-12/h4,7-8,20H,3,5-6H2,1-2H3. The Hall–Kier alpha value is -0.590. The van der Waals surface area contributed by atoms with Gasteiger partial charge >= 0.3 is 0 Å². The molecule has 1 aliphatic rings. The number of likely N-dealkylation sites (N-methyl/N-ethyl adjacent to an activating group) is 1. The smallest absolute Gasteiger partial charge is 0.274 e. The van der Waals surface area contributed by atoms with E-state index >= 15 is 0 Å². The molecule has 2 heterocycles. The molecule has 1 saturated heterocycles. The third kappa shape index (κ3) is 3.60. The third-order valence-electron chi connectivity index (χ3n) is 3.35. The molecule has 0 bridgehead atoms. The molecule has 1 aromatic heterocycles. The lowest BCUT2D eigenvalue weighted by molar-refractivity contribution is 0.0693. The summed E-state index contributed by atoms with van der Waals surface area (Å²) in [5.74, 6) is -0.345. The van der Waals surface area contributed by atoms with E-state index in [0.29, 0.717) is 13.0 Å². The van der Waals surface area contributed by atoms with Crippen LogP contribution in [0.25, 0.3) is 0 Å². The molecule has 21 heavy (non-hydrogen) atoms. The van der Waals surface area contributed by atoms with Gasteiger partial charge in [-0.15, -0.1) is 0 Å². The SMILES string of the molecule is CN(C)CC1CC(O)CN1C(=O)c1ncc(Cl)c(Cl)c1Cl.